The van der Waals surface area contributed by atoms with Gasteiger partial charge in [-0.15, -0.1) is 0 Å². The van der Waals surface area contributed by atoms with E-state index in [1.807, 2.05) is 0 Å². The molecule has 1 spiro atoms. The van der Waals surface area contributed by atoms with Crippen LogP contribution in [0.1, 0.15) is 38.5 Å². The van der Waals surface area contributed by atoms with Gasteiger partial charge in [-0.3, -0.25) is 9.69 Å². The highest BCUT2D eigenvalue weighted by Crippen LogP contribution is 2.66. The first-order valence-electron chi connectivity index (χ1n) is 7.77. The van der Waals surface area contributed by atoms with Crippen LogP contribution >= 0.6 is 0 Å². The lowest BCUT2D eigenvalue weighted by atomic mass is 9.93. The molecule has 1 unspecified atom stereocenters. The van der Waals surface area contributed by atoms with Crippen LogP contribution in [0, 0.1) is 17.3 Å². The van der Waals surface area contributed by atoms with Gasteiger partial charge in [0.05, 0.1) is 13.2 Å². The molecule has 4 nitrogen and oxygen atoms in total. The minimum atomic E-state index is -0.0682. The van der Waals surface area contributed by atoms with E-state index in [1.165, 1.54) is 38.6 Å². The molecule has 0 aromatic carbocycles. The zero-order valence-electron chi connectivity index (χ0n) is 11.6. The van der Waals surface area contributed by atoms with E-state index in [0.717, 1.165) is 26.2 Å². The predicted molar refractivity (Wildman–Crippen MR) is 71.4 cm³/mol. The summed E-state index contributed by atoms with van der Waals surface area (Å²) in [6, 6.07) is 0. The lowest BCUT2D eigenvalue weighted by Gasteiger charge is -2.37. The van der Waals surface area contributed by atoms with Gasteiger partial charge >= 0.3 is 0 Å². The highest BCUT2D eigenvalue weighted by Gasteiger charge is 2.61. The van der Waals surface area contributed by atoms with Crippen molar-refractivity contribution < 1.29 is 9.53 Å². The molecule has 0 bridgehead atoms. The number of carbonyl (C=O) groups excluding carboxylic acids is 1. The molecule has 106 valence electrons. The minimum Gasteiger partial charge on any atom is -0.378 e. The predicted octanol–water partition coefficient (Wildman–Crippen LogP) is 1.14. The number of primary amides is 1. The van der Waals surface area contributed by atoms with E-state index in [2.05, 4.69) is 4.90 Å². The zero-order valence-corrected chi connectivity index (χ0v) is 11.6. The molecule has 1 heterocycles. The summed E-state index contributed by atoms with van der Waals surface area (Å²) in [4.78, 5) is 13.9. The highest BCUT2D eigenvalue weighted by molar-refractivity contribution is 5.80. The van der Waals surface area contributed by atoms with Gasteiger partial charge in [-0.05, 0) is 56.4 Å². The van der Waals surface area contributed by atoms with Gasteiger partial charge in [-0.25, -0.2) is 0 Å². The Morgan fingerprint density at radius 2 is 2.11 bits per heavy atom. The number of amides is 1. The molecule has 0 radical (unpaired) electrons. The van der Waals surface area contributed by atoms with E-state index in [0.29, 0.717) is 16.9 Å². The van der Waals surface area contributed by atoms with Crippen molar-refractivity contribution in [1.82, 2.24) is 4.90 Å². The Hall–Kier alpha value is -0.610. The fourth-order valence-electron chi connectivity index (χ4n) is 4.23. The molecule has 0 aromatic heterocycles. The normalized spacial score (nSPS) is 38.1. The second-order valence-electron chi connectivity index (χ2n) is 7.23. The maximum atomic E-state index is 11.3. The molecule has 0 aromatic rings. The summed E-state index contributed by atoms with van der Waals surface area (Å²) < 4.78 is 5.63. The number of rotatable bonds is 5. The van der Waals surface area contributed by atoms with Crippen LogP contribution in [0.4, 0.5) is 0 Å². The van der Waals surface area contributed by atoms with Gasteiger partial charge < -0.3 is 10.5 Å². The first-order valence-corrected chi connectivity index (χ1v) is 7.77. The second kappa shape index (κ2) is 3.95. The molecule has 4 rings (SSSR count). The first-order chi connectivity index (χ1) is 9.15. The molecular weight excluding hydrogens is 240 g/mol. The van der Waals surface area contributed by atoms with Crippen LogP contribution in [-0.4, -0.2) is 42.6 Å². The van der Waals surface area contributed by atoms with Gasteiger partial charge in [-0.1, -0.05) is 0 Å². The van der Waals surface area contributed by atoms with Crippen LogP contribution < -0.4 is 5.73 Å². The van der Waals surface area contributed by atoms with Crippen LogP contribution in [0.25, 0.3) is 0 Å². The maximum absolute atomic E-state index is 11.3. The van der Waals surface area contributed by atoms with Gasteiger partial charge in [0, 0.05) is 18.0 Å². The van der Waals surface area contributed by atoms with Crippen molar-refractivity contribution in [2.24, 2.45) is 23.0 Å². The fraction of sp³-hybridized carbons (Fsp3) is 0.933. The molecule has 4 fully saturated rings. The Morgan fingerprint density at radius 1 is 1.32 bits per heavy atom. The van der Waals surface area contributed by atoms with Crippen molar-refractivity contribution in [2.75, 3.05) is 26.3 Å². The minimum absolute atomic E-state index is 0.0682. The van der Waals surface area contributed by atoms with Crippen molar-refractivity contribution in [3.05, 3.63) is 0 Å². The second-order valence-corrected chi connectivity index (χ2v) is 7.23. The Morgan fingerprint density at radius 3 is 2.68 bits per heavy atom. The van der Waals surface area contributed by atoms with Crippen LogP contribution in [0.5, 0.6) is 0 Å². The molecular formula is C15H24N2O2. The molecule has 1 saturated heterocycles. The van der Waals surface area contributed by atoms with Crippen LogP contribution in [0.15, 0.2) is 0 Å². The number of hydrogen-bond acceptors (Lipinski definition) is 3. The van der Waals surface area contributed by atoms with Crippen molar-refractivity contribution in [1.29, 1.82) is 0 Å². The number of ether oxygens (including phenoxy) is 1. The monoisotopic (exact) mass is 264 g/mol. The lowest BCUT2D eigenvalue weighted by molar-refractivity contribution is -0.119. The molecule has 1 aliphatic heterocycles. The van der Waals surface area contributed by atoms with Crippen molar-refractivity contribution in [3.63, 3.8) is 0 Å². The van der Waals surface area contributed by atoms with Crippen molar-refractivity contribution in [3.8, 4) is 0 Å². The largest absolute Gasteiger partial charge is 0.378 e. The van der Waals surface area contributed by atoms with E-state index >= 15 is 0 Å². The van der Waals surface area contributed by atoms with Gasteiger partial charge in [0.1, 0.15) is 0 Å². The summed E-state index contributed by atoms with van der Waals surface area (Å²) in [5.74, 6) is 0.740. The number of nitrogens with zero attached hydrogens (tertiary/aromatic N) is 1. The number of nitrogens with two attached hydrogens (primary N) is 1. The van der Waals surface area contributed by atoms with E-state index in [1.54, 1.807) is 0 Å². The van der Waals surface area contributed by atoms with Crippen LogP contribution in [0.3, 0.4) is 0 Å². The van der Waals surface area contributed by atoms with Gasteiger partial charge in [-0.2, -0.15) is 0 Å². The van der Waals surface area contributed by atoms with Crippen molar-refractivity contribution in [2.45, 2.75) is 44.1 Å². The third kappa shape index (κ3) is 2.00. The average Bonchev–Trinajstić information content (AvgIpc) is 3.21. The number of hydrogen-bond donors (Lipinski definition) is 1. The summed E-state index contributed by atoms with van der Waals surface area (Å²) in [5.41, 5.74) is 6.32. The standard InChI is InChI=1S/C15H24N2O2/c16-13(18)11-9-12(11)14(1-2-14)5-6-17-7-8-19-10-15(17)3-4-15/h11-12H,1-10H2,(H2,16,18)/t11-,12?/m0/s1. The number of morpholine rings is 1. The van der Waals surface area contributed by atoms with Gasteiger partial charge in [0.15, 0.2) is 0 Å². The first kappa shape index (κ1) is 12.2. The Balaban J connectivity index is 1.34. The average molecular weight is 264 g/mol. The van der Waals surface area contributed by atoms with E-state index in [-0.39, 0.29) is 11.8 Å². The smallest absolute Gasteiger partial charge is 0.220 e. The zero-order chi connectivity index (χ0) is 13.1. The van der Waals surface area contributed by atoms with Crippen molar-refractivity contribution >= 4 is 5.91 Å². The van der Waals surface area contributed by atoms with Gasteiger partial charge in [0.25, 0.3) is 0 Å². The fourth-order valence-corrected chi connectivity index (χ4v) is 4.23. The molecule has 3 aliphatic carbocycles. The Labute approximate surface area is 114 Å². The highest BCUT2D eigenvalue weighted by atomic mass is 16.5. The summed E-state index contributed by atoms with van der Waals surface area (Å²) in [6.45, 7) is 4.13. The summed E-state index contributed by atoms with van der Waals surface area (Å²) in [7, 11) is 0. The number of carbonyl (C=O) groups is 1. The van der Waals surface area contributed by atoms with Gasteiger partial charge in [0.2, 0.25) is 5.91 Å². The summed E-state index contributed by atoms with van der Waals surface area (Å²) in [6.07, 6.45) is 7.59. The molecule has 3 saturated carbocycles. The van der Waals surface area contributed by atoms with E-state index in [9.17, 15) is 4.79 Å². The molecule has 1 amide bonds. The van der Waals surface area contributed by atoms with Crippen LogP contribution in [-0.2, 0) is 9.53 Å². The Bertz CT molecular complexity index is 401. The summed E-state index contributed by atoms with van der Waals surface area (Å²) in [5, 5.41) is 0. The topological polar surface area (TPSA) is 55.6 Å². The third-order valence-electron chi connectivity index (χ3n) is 6.09. The van der Waals surface area contributed by atoms with E-state index in [4.69, 9.17) is 10.5 Å². The SMILES string of the molecule is NC(=O)[C@H]1CC1C1(CCN2CCOCC23CC3)CC1. The molecule has 4 aliphatic rings. The quantitative estimate of drug-likeness (QED) is 0.810. The lowest BCUT2D eigenvalue weighted by Crippen LogP contribution is -2.48. The molecule has 19 heavy (non-hydrogen) atoms. The van der Waals surface area contributed by atoms with E-state index < -0.39 is 0 Å². The Kier molecular flexibility index (Phi) is 2.53. The molecule has 2 N–H and O–H groups in total. The van der Waals surface area contributed by atoms with Crippen LogP contribution in [0.2, 0.25) is 0 Å². The third-order valence-corrected chi connectivity index (χ3v) is 6.09. The maximum Gasteiger partial charge on any atom is 0.220 e. The summed E-state index contributed by atoms with van der Waals surface area (Å²) >= 11 is 0. The molecule has 2 atom stereocenters. The molecule has 4 heteroatoms.